The van der Waals surface area contributed by atoms with E-state index in [1.807, 2.05) is 58.0 Å². The minimum atomic E-state index is -3.51. The average molecular weight is 518 g/mol. The molecule has 1 atom stereocenters. The third-order valence-corrected chi connectivity index (χ3v) is 6.79. The summed E-state index contributed by atoms with van der Waals surface area (Å²) < 4.78 is 31.3. The van der Waals surface area contributed by atoms with E-state index < -0.39 is 21.6 Å². The van der Waals surface area contributed by atoms with E-state index in [1.165, 1.54) is 4.31 Å². The second-order valence-electron chi connectivity index (χ2n) is 9.81. The van der Waals surface area contributed by atoms with Gasteiger partial charge in [-0.25, -0.2) is 8.42 Å². The number of nitrogens with zero attached hydrogens (tertiary/aromatic N) is 2. The number of anilines is 1. The number of rotatable bonds is 12. The molecule has 198 valence electrons. The van der Waals surface area contributed by atoms with Crippen molar-refractivity contribution in [1.82, 2.24) is 10.2 Å². The van der Waals surface area contributed by atoms with Crippen molar-refractivity contribution < 1.29 is 22.7 Å². The topological polar surface area (TPSA) is 96.0 Å². The zero-order valence-electron chi connectivity index (χ0n) is 22.2. The van der Waals surface area contributed by atoms with Gasteiger partial charge in [0.05, 0.1) is 19.1 Å². The maximum atomic E-state index is 13.5. The number of hydrogen-bond acceptors (Lipinski definition) is 5. The van der Waals surface area contributed by atoms with Crippen molar-refractivity contribution in [3.8, 4) is 5.75 Å². The van der Waals surface area contributed by atoms with Crippen molar-refractivity contribution in [2.45, 2.75) is 65.1 Å². The van der Waals surface area contributed by atoms with Crippen LogP contribution >= 0.6 is 0 Å². The third-order valence-electron chi connectivity index (χ3n) is 5.59. The molecule has 0 aliphatic rings. The fourth-order valence-electron chi connectivity index (χ4n) is 3.90. The Bertz CT molecular complexity index is 1100. The van der Waals surface area contributed by atoms with Crippen molar-refractivity contribution >= 4 is 27.5 Å². The number of nitrogens with one attached hydrogen (secondary N) is 1. The summed E-state index contributed by atoms with van der Waals surface area (Å²) >= 11 is 0. The van der Waals surface area contributed by atoms with Gasteiger partial charge in [0.1, 0.15) is 11.8 Å². The van der Waals surface area contributed by atoms with E-state index >= 15 is 0 Å². The Morgan fingerprint density at radius 3 is 2.14 bits per heavy atom. The first kappa shape index (κ1) is 29.2. The number of para-hydroxylation sites is 1. The monoisotopic (exact) mass is 517 g/mol. The summed E-state index contributed by atoms with van der Waals surface area (Å²) in [5.41, 5.74) is 0.983. The molecule has 0 fully saturated rings. The summed E-state index contributed by atoms with van der Waals surface area (Å²) in [6.45, 7) is 8.00. The summed E-state index contributed by atoms with van der Waals surface area (Å²) in [4.78, 5) is 28.2. The smallest absolute Gasteiger partial charge is 0.243 e. The SMILES string of the molecule is CC[C@@H](C(=O)NC(C)(C)C)N(Cc1ccc(OC)cc1)C(=O)CCCN(c1ccccc1)S(C)(=O)=O. The van der Waals surface area contributed by atoms with Gasteiger partial charge in [-0.3, -0.25) is 13.9 Å². The summed E-state index contributed by atoms with van der Waals surface area (Å²) in [6.07, 6.45) is 2.02. The van der Waals surface area contributed by atoms with Crippen molar-refractivity contribution in [1.29, 1.82) is 0 Å². The van der Waals surface area contributed by atoms with Crippen LogP contribution in [0.3, 0.4) is 0 Å². The first-order valence-corrected chi connectivity index (χ1v) is 14.0. The number of sulfonamides is 1. The minimum absolute atomic E-state index is 0.105. The van der Waals surface area contributed by atoms with Crippen molar-refractivity contribution in [3.63, 3.8) is 0 Å². The van der Waals surface area contributed by atoms with Gasteiger partial charge in [0.25, 0.3) is 0 Å². The van der Waals surface area contributed by atoms with Gasteiger partial charge in [-0.2, -0.15) is 0 Å². The summed E-state index contributed by atoms with van der Waals surface area (Å²) in [5, 5.41) is 2.98. The lowest BCUT2D eigenvalue weighted by atomic mass is 10.0. The molecule has 0 aromatic heterocycles. The van der Waals surface area contributed by atoms with Gasteiger partial charge < -0.3 is 15.0 Å². The van der Waals surface area contributed by atoms with Gasteiger partial charge in [-0.15, -0.1) is 0 Å². The molecule has 2 rings (SSSR count). The van der Waals surface area contributed by atoms with Crippen LogP contribution in [0.25, 0.3) is 0 Å². The van der Waals surface area contributed by atoms with Gasteiger partial charge in [0, 0.05) is 25.0 Å². The molecular weight excluding hydrogens is 478 g/mol. The van der Waals surface area contributed by atoms with Crippen LogP contribution in [0.1, 0.15) is 52.5 Å². The van der Waals surface area contributed by atoms with E-state index in [0.29, 0.717) is 24.3 Å². The maximum Gasteiger partial charge on any atom is 0.243 e. The second kappa shape index (κ2) is 12.8. The lowest BCUT2D eigenvalue weighted by molar-refractivity contribution is -0.142. The predicted molar refractivity (Wildman–Crippen MR) is 143 cm³/mol. The number of carbonyl (C=O) groups is 2. The lowest BCUT2D eigenvalue weighted by Gasteiger charge is -2.33. The zero-order chi connectivity index (χ0) is 26.9. The molecule has 0 saturated heterocycles. The quantitative estimate of drug-likeness (QED) is 0.460. The van der Waals surface area contributed by atoms with E-state index in [2.05, 4.69) is 5.32 Å². The normalized spacial score (nSPS) is 12.5. The number of amides is 2. The molecule has 0 saturated carbocycles. The van der Waals surface area contributed by atoms with Crippen LogP contribution in [0, 0.1) is 0 Å². The number of benzene rings is 2. The van der Waals surface area contributed by atoms with Gasteiger partial charge in [-0.05, 0) is 63.4 Å². The standard InChI is InChI=1S/C27H39N3O5S/c1-7-24(26(32)28-27(2,3)4)29(20-21-15-17-23(35-5)18-16-21)25(31)14-11-19-30(36(6,33)34)22-12-9-8-10-13-22/h8-10,12-13,15-18,24H,7,11,14,19-20H2,1-6H3,(H,28,32)/t24-/m0/s1. The molecule has 2 aromatic carbocycles. The maximum absolute atomic E-state index is 13.5. The fourth-order valence-corrected chi connectivity index (χ4v) is 4.86. The van der Waals surface area contributed by atoms with Crippen LogP contribution in [0.4, 0.5) is 5.69 Å². The number of carbonyl (C=O) groups excluding carboxylic acids is 2. The molecule has 9 heteroatoms. The highest BCUT2D eigenvalue weighted by Gasteiger charge is 2.30. The fraction of sp³-hybridized carbons (Fsp3) is 0.481. The van der Waals surface area contributed by atoms with Crippen LogP contribution in [0.5, 0.6) is 5.75 Å². The van der Waals surface area contributed by atoms with Gasteiger partial charge in [0.2, 0.25) is 21.8 Å². The molecule has 1 N–H and O–H groups in total. The highest BCUT2D eigenvalue weighted by atomic mass is 32.2. The highest BCUT2D eigenvalue weighted by Crippen LogP contribution is 2.20. The van der Waals surface area contributed by atoms with Crippen molar-refractivity contribution in [2.75, 3.05) is 24.2 Å². The molecule has 0 bridgehead atoms. The molecule has 36 heavy (non-hydrogen) atoms. The molecule has 0 radical (unpaired) electrons. The Morgan fingerprint density at radius 1 is 1.03 bits per heavy atom. The predicted octanol–water partition coefficient (Wildman–Crippen LogP) is 3.96. The Kier molecular flexibility index (Phi) is 10.3. The number of ether oxygens (including phenoxy) is 1. The lowest BCUT2D eigenvalue weighted by Crippen LogP contribution is -2.53. The van der Waals surface area contributed by atoms with Crippen LogP contribution in [0.15, 0.2) is 54.6 Å². The second-order valence-corrected chi connectivity index (χ2v) is 11.7. The summed E-state index contributed by atoms with van der Waals surface area (Å²) in [5.74, 6) is 0.285. The molecular formula is C27H39N3O5S. The van der Waals surface area contributed by atoms with Crippen LogP contribution in [-0.2, 0) is 26.2 Å². The molecule has 0 spiro atoms. The Morgan fingerprint density at radius 2 is 1.64 bits per heavy atom. The number of hydrogen-bond donors (Lipinski definition) is 1. The highest BCUT2D eigenvalue weighted by molar-refractivity contribution is 7.92. The van der Waals surface area contributed by atoms with Crippen LogP contribution in [-0.4, -0.2) is 56.6 Å². The minimum Gasteiger partial charge on any atom is -0.497 e. The summed E-state index contributed by atoms with van der Waals surface area (Å²) in [7, 11) is -1.93. The van der Waals surface area contributed by atoms with Crippen LogP contribution in [0.2, 0.25) is 0 Å². The molecule has 8 nitrogen and oxygen atoms in total. The Balaban J connectivity index is 2.23. The largest absolute Gasteiger partial charge is 0.497 e. The average Bonchev–Trinajstić information content (AvgIpc) is 2.80. The summed E-state index contributed by atoms with van der Waals surface area (Å²) in [6, 6.07) is 15.5. The first-order valence-electron chi connectivity index (χ1n) is 12.1. The Hall–Kier alpha value is -3.07. The van der Waals surface area contributed by atoms with E-state index in [0.717, 1.165) is 11.8 Å². The van der Waals surface area contributed by atoms with E-state index in [-0.39, 0.29) is 31.3 Å². The molecule has 0 unspecified atom stereocenters. The van der Waals surface area contributed by atoms with Gasteiger partial charge in [-0.1, -0.05) is 37.3 Å². The molecule has 0 heterocycles. The molecule has 0 aliphatic heterocycles. The van der Waals surface area contributed by atoms with E-state index in [1.54, 1.807) is 36.3 Å². The number of methoxy groups -OCH3 is 1. The molecule has 0 aliphatic carbocycles. The zero-order valence-corrected chi connectivity index (χ0v) is 23.0. The first-order chi connectivity index (χ1) is 16.9. The molecule has 2 amide bonds. The molecule has 2 aromatic rings. The van der Waals surface area contributed by atoms with Gasteiger partial charge in [0.15, 0.2) is 0 Å². The van der Waals surface area contributed by atoms with E-state index in [9.17, 15) is 18.0 Å². The van der Waals surface area contributed by atoms with Crippen LogP contribution < -0.4 is 14.4 Å². The Labute approximate surface area is 215 Å². The third kappa shape index (κ3) is 8.86. The van der Waals surface area contributed by atoms with Gasteiger partial charge >= 0.3 is 0 Å². The van der Waals surface area contributed by atoms with E-state index in [4.69, 9.17) is 4.74 Å². The van der Waals surface area contributed by atoms with Crippen molar-refractivity contribution in [2.24, 2.45) is 0 Å². The van der Waals surface area contributed by atoms with Crippen molar-refractivity contribution in [3.05, 3.63) is 60.2 Å².